The highest BCUT2D eigenvalue weighted by Crippen LogP contribution is 2.26. The number of hydrogen-bond donors (Lipinski definition) is 1. The predicted octanol–water partition coefficient (Wildman–Crippen LogP) is 3.07. The molecule has 0 bridgehead atoms. The van der Waals surface area contributed by atoms with Crippen molar-refractivity contribution in [3.8, 4) is 0 Å². The Morgan fingerprint density at radius 1 is 1.20 bits per heavy atom. The van der Waals surface area contributed by atoms with Crippen molar-refractivity contribution in [1.29, 1.82) is 0 Å². The van der Waals surface area contributed by atoms with Gasteiger partial charge in [0.1, 0.15) is 0 Å². The number of nitrogens with zero attached hydrogens (tertiary/aromatic N) is 2. The second kappa shape index (κ2) is 7.59. The number of thiazole rings is 1. The van der Waals surface area contributed by atoms with Crippen LogP contribution in [0.25, 0.3) is 0 Å². The molecule has 3 rings (SSSR count). The normalized spacial score (nSPS) is 22.0. The van der Waals surface area contributed by atoms with E-state index in [2.05, 4.69) is 9.88 Å². The Hall–Kier alpha value is -0.360. The van der Waals surface area contributed by atoms with E-state index in [1.807, 2.05) is 6.20 Å². The van der Waals surface area contributed by atoms with E-state index in [9.17, 15) is 0 Å². The zero-order valence-corrected chi connectivity index (χ0v) is 13.4. The van der Waals surface area contributed by atoms with Gasteiger partial charge in [-0.3, -0.25) is 4.90 Å². The van der Waals surface area contributed by atoms with Gasteiger partial charge in [-0.2, -0.15) is 0 Å². The molecule has 0 amide bonds. The van der Waals surface area contributed by atoms with Gasteiger partial charge in [-0.25, -0.2) is 4.98 Å². The quantitative estimate of drug-likeness (QED) is 0.927. The lowest BCUT2D eigenvalue weighted by Crippen LogP contribution is -2.37. The van der Waals surface area contributed by atoms with Gasteiger partial charge >= 0.3 is 0 Å². The van der Waals surface area contributed by atoms with Crippen molar-refractivity contribution >= 4 is 28.9 Å². The van der Waals surface area contributed by atoms with Gasteiger partial charge in [0.25, 0.3) is 0 Å². The van der Waals surface area contributed by atoms with Crippen LogP contribution in [0.4, 0.5) is 5.13 Å². The summed E-state index contributed by atoms with van der Waals surface area (Å²) in [5.74, 6) is 0. The van der Waals surface area contributed by atoms with Gasteiger partial charge in [-0.05, 0) is 25.7 Å². The Bertz CT molecular complexity index is 401. The lowest BCUT2D eigenvalue weighted by Gasteiger charge is -2.32. The van der Waals surface area contributed by atoms with E-state index in [0.717, 1.165) is 19.6 Å². The molecule has 2 N–H and O–H groups in total. The van der Waals surface area contributed by atoms with Crippen molar-refractivity contribution in [2.24, 2.45) is 0 Å². The average molecular weight is 318 g/mol. The maximum absolute atomic E-state index is 6.20. The summed E-state index contributed by atoms with van der Waals surface area (Å²) in [6, 6.07) is 0. The van der Waals surface area contributed by atoms with Crippen molar-refractivity contribution in [1.82, 2.24) is 9.88 Å². The summed E-state index contributed by atoms with van der Waals surface area (Å²) in [6.45, 7) is 3.26. The van der Waals surface area contributed by atoms with Crippen LogP contribution >= 0.6 is 23.7 Å². The van der Waals surface area contributed by atoms with Gasteiger partial charge in [-0.1, -0.05) is 12.8 Å². The Labute approximate surface area is 131 Å². The van der Waals surface area contributed by atoms with Crippen LogP contribution in [0.2, 0.25) is 0 Å². The first kappa shape index (κ1) is 16.0. The molecule has 2 aliphatic rings. The van der Waals surface area contributed by atoms with Crippen LogP contribution < -0.4 is 5.73 Å². The topological polar surface area (TPSA) is 51.4 Å². The highest BCUT2D eigenvalue weighted by Gasteiger charge is 2.24. The molecule has 1 aromatic rings. The molecule has 0 atom stereocenters. The number of likely N-dealkylation sites (tertiary alicyclic amines) is 1. The maximum atomic E-state index is 6.20. The molecule has 6 heteroatoms. The Balaban J connectivity index is 0.00000147. The standard InChI is InChI=1S/C14H23N3OS.ClH/c15-14-16-9-13(19-14)10-17-7-5-12(6-8-17)18-11-3-1-2-4-11;/h9,11-12H,1-8,10H2,(H2,15,16);1H. The predicted molar refractivity (Wildman–Crippen MR) is 85.4 cm³/mol. The molecule has 0 aromatic carbocycles. The van der Waals surface area contributed by atoms with E-state index in [1.165, 1.54) is 43.4 Å². The van der Waals surface area contributed by atoms with Crippen molar-refractivity contribution < 1.29 is 4.74 Å². The third kappa shape index (κ3) is 4.32. The average Bonchev–Trinajstić information content (AvgIpc) is 3.04. The Kier molecular flexibility index (Phi) is 6.08. The summed E-state index contributed by atoms with van der Waals surface area (Å²) < 4.78 is 6.20. The fourth-order valence-electron chi connectivity index (χ4n) is 3.12. The molecule has 1 aromatic heterocycles. The highest BCUT2D eigenvalue weighted by molar-refractivity contribution is 7.15. The van der Waals surface area contributed by atoms with Crippen LogP contribution in [0.1, 0.15) is 43.4 Å². The number of halogens is 1. The molecule has 1 saturated heterocycles. The molecule has 1 aliphatic heterocycles. The van der Waals surface area contributed by atoms with E-state index in [1.54, 1.807) is 11.3 Å². The second-order valence-electron chi connectivity index (χ2n) is 5.68. The monoisotopic (exact) mass is 317 g/mol. The molecule has 2 fully saturated rings. The third-order valence-electron chi connectivity index (χ3n) is 4.17. The molecule has 20 heavy (non-hydrogen) atoms. The first-order valence-corrected chi connectivity index (χ1v) is 8.19. The van der Waals surface area contributed by atoms with Crippen LogP contribution in [0.15, 0.2) is 6.20 Å². The van der Waals surface area contributed by atoms with Gasteiger partial charge < -0.3 is 10.5 Å². The fraction of sp³-hybridized carbons (Fsp3) is 0.786. The lowest BCUT2D eigenvalue weighted by atomic mass is 10.1. The summed E-state index contributed by atoms with van der Waals surface area (Å²) in [7, 11) is 0. The molecular formula is C14H24ClN3OS. The number of nitrogens with two attached hydrogens (primary N) is 1. The van der Waals surface area contributed by atoms with E-state index >= 15 is 0 Å². The molecule has 0 radical (unpaired) electrons. The van der Waals surface area contributed by atoms with Crippen molar-refractivity contribution in [2.75, 3.05) is 18.8 Å². The first-order valence-electron chi connectivity index (χ1n) is 7.37. The van der Waals surface area contributed by atoms with Crippen molar-refractivity contribution in [2.45, 2.75) is 57.3 Å². The molecule has 4 nitrogen and oxygen atoms in total. The number of anilines is 1. The molecule has 1 saturated carbocycles. The van der Waals surface area contributed by atoms with Gasteiger partial charge in [0.2, 0.25) is 0 Å². The second-order valence-corrected chi connectivity index (χ2v) is 6.83. The summed E-state index contributed by atoms with van der Waals surface area (Å²) in [6.07, 6.45) is 10.6. The smallest absolute Gasteiger partial charge is 0.180 e. The van der Waals surface area contributed by atoms with Crippen molar-refractivity contribution in [3.05, 3.63) is 11.1 Å². The summed E-state index contributed by atoms with van der Waals surface area (Å²) in [5.41, 5.74) is 5.67. The Morgan fingerprint density at radius 2 is 1.85 bits per heavy atom. The molecule has 114 valence electrons. The molecule has 0 unspecified atom stereocenters. The van der Waals surface area contributed by atoms with Crippen LogP contribution in [0, 0.1) is 0 Å². The SMILES string of the molecule is Cl.Nc1ncc(CN2CCC(OC3CCCC3)CC2)s1. The summed E-state index contributed by atoms with van der Waals surface area (Å²) in [4.78, 5) is 7.87. The minimum Gasteiger partial charge on any atom is -0.375 e. The van der Waals surface area contributed by atoms with Gasteiger partial charge in [0.05, 0.1) is 12.2 Å². The van der Waals surface area contributed by atoms with E-state index < -0.39 is 0 Å². The number of piperidine rings is 1. The lowest BCUT2D eigenvalue weighted by molar-refractivity contribution is -0.0398. The zero-order valence-electron chi connectivity index (χ0n) is 11.8. The number of aromatic nitrogens is 1. The highest BCUT2D eigenvalue weighted by atomic mass is 35.5. The largest absolute Gasteiger partial charge is 0.375 e. The number of rotatable bonds is 4. The fourth-order valence-corrected chi connectivity index (χ4v) is 3.84. The molecular weight excluding hydrogens is 294 g/mol. The van der Waals surface area contributed by atoms with E-state index in [0.29, 0.717) is 17.3 Å². The Morgan fingerprint density at radius 3 is 2.45 bits per heavy atom. The molecule has 2 heterocycles. The summed E-state index contributed by atoms with van der Waals surface area (Å²) in [5, 5.41) is 0.675. The van der Waals surface area contributed by atoms with Crippen LogP contribution in [0.3, 0.4) is 0 Å². The van der Waals surface area contributed by atoms with Gasteiger partial charge in [0, 0.05) is 30.7 Å². The van der Waals surface area contributed by atoms with Crippen LogP contribution in [0.5, 0.6) is 0 Å². The first-order chi connectivity index (χ1) is 9.29. The number of ether oxygens (including phenoxy) is 1. The van der Waals surface area contributed by atoms with Gasteiger partial charge in [-0.15, -0.1) is 23.7 Å². The minimum atomic E-state index is 0. The van der Waals surface area contributed by atoms with Crippen LogP contribution in [-0.2, 0) is 11.3 Å². The van der Waals surface area contributed by atoms with E-state index in [-0.39, 0.29) is 12.4 Å². The molecule has 0 spiro atoms. The summed E-state index contributed by atoms with van der Waals surface area (Å²) >= 11 is 1.60. The number of nitrogen functional groups attached to an aromatic ring is 1. The number of hydrogen-bond acceptors (Lipinski definition) is 5. The van der Waals surface area contributed by atoms with Gasteiger partial charge in [0.15, 0.2) is 5.13 Å². The zero-order chi connectivity index (χ0) is 13.1. The van der Waals surface area contributed by atoms with E-state index in [4.69, 9.17) is 10.5 Å². The maximum Gasteiger partial charge on any atom is 0.180 e. The minimum absolute atomic E-state index is 0. The molecule has 1 aliphatic carbocycles. The van der Waals surface area contributed by atoms with Crippen molar-refractivity contribution in [3.63, 3.8) is 0 Å². The third-order valence-corrected chi connectivity index (χ3v) is 4.98. The van der Waals surface area contributed by atoms with Crippen LogP contribution in [-0.4, -0.2) is 35.2 Å².